The molecule has 2 heterocycles. The first-order valence-electron chi connectivity index (χ1n) is 5.69. The Morgan fingerprint density at radius 1 is 1.35 bits per heavy atom. The molecule has 0 aliphatic heterocycles. The molecule has 90 valence electrons. The topological polar surface area (TPSA) is 30.7 Å². The molecule has 0 spiro atoms. The van der Waals surface area contributed by atoms with Crippen molar-refractivity contribution in [2.45, 2.75) is 32.6 Å². The second-order valence-corrected chi connectivity index (χ2v) is 4.72. The Balaban J connectivity index is 2.41. The second-order valence-electron chi connectivity index (χ2n) is 4.45. The highest BCUT2D eigenvalue weighted by molar-refractivity contribution is 6.17. The van der Waals surface area contributed by atoms with Crippen molar-refractivity contribution in [2.75, 3.05) is 0 Å². The van der Waals surface area contributed by atoms with E-state index in [1.54, 1.807) is 4.68 Å². The van der Waals surface area contributed by atoms with Gasteiger partial charge in [0.2, 0.25) is 0 Å². The van der Waals surface area contributed by atoms with Crippen LogP contribution >= 0.6 is 11.6 Å². The number of aromatic nitrogens is 3. The Kier molecular flexibility index (Phi) is 3.48. The lowest BCUT2D eigenvalue weighted by molar-refractivity contribution is 0.755. The summed E-state index contributed by atoms with van der Waals surface area (Å²) in [6.45, 7) is 6.22. The summed E-state index contributed by atoms with van der Waals surface area (Å²) in [4.78, 5) is 4.47. The Morgan fingerprint density at radius 3 is 2.71 bits per heavy atom. The maximum atomic E-state index is 5.86. The molecule has 0 aliphatic carbocycles. The number of nitrogens with zero attached hydrogens (tertiary/aromatic N) is 3. The van der Waals surface area contributed by atoms with Gasteiger partial charge in [0.25, 0.3) is 0 Å². The third kappa shape index (κ3) is 2.67. The van der Waals surface area contributed by atoms with Crippen molar-refractivity contribution in [3.8, 4) is 5.82 Å². The number of halogens is 1. The fourth-order valence-electron chi connectivity index (χ4n) is 1.69. The van der Waals surface area contributed by atoms with Crippen LogP contribution in [0.5, 0.6) is 0 Å². The quantitative estimate of drug-likeness (QED) is 0.781. The van der Waals surface area contributed by atoms with Crippen LogP contribution < -0.4 is 0 Å². The van der Waals surface area contributed by atoms with E-state index < -0.39 is 0 Å². The first-order chi connectivity index (χ1) is 8.10. The molecule has 0 saturated heterocycles. The summed E-state index contributed by atoms with van der Waals surface area (Å²) in [6, 6.07) is 5.98. The van der Waals surface area contributed by atoms with Crippen LogP contribution in [0.15, 0.2) is 24.4 Å². The average molecular weight is 250 g/mol. The molecule has 0 radical (unpaired) electrons. The normalized spacial score (nSPS) is 11.1. The molecule has 0 N–H and O–H groups in total. The summed E-state index contributed by atoms with van der Waals surface area (Å²) in [7, 11) is 0. The number of aryl methyl sites for hydroxylation is 1. The van der Waals surface area contributed by atoms with Gasteiger partial charge in [-0.15, -0.1) is 11.6 Å². The lowest BCUT2D eigenvalue weighted by Crippen LogP contribution is -2.02. The molecule has 0 aromatic carbocycles. The zero-order chi connectivity index (χ0) is 12.4. The van der Waals surface area contributed by atoms with E-state index in [2.05, 4.69) is 23.9 Å². The summed E-state index contributed by atoms with van der Waals surface area (Å²) >= 11 is 5.86. The molecule has 0 bridgehead atoms. The number of rotatable bonds is 3. The molecule has 0 aliphatic rings. The second kappa shape index (κ2) is 4.88. The van der Waals surface area contributed by atoms with Crippen molar-refractivity contribution >= 4 is 11.6 Å². The Labute approximate surface area is 106 Å². The van der Waals surface area contributed by atoms with Crippen LogP contribution in [0.4, 0.5) is 0 Å². The predicted molar refractivity (Wildman–Crippen MR) is 69.7 cm³/mol. The van der Waals surface area contributed by atoms with E-state index in [4.69, 9.17) is 11.6 Å². The fraction of sp³-hybridized carbons (Fsp3) is 0.385. The van der Waals surface area contributed by atoms with Crippen LogP contribution in [0, 0.1) is 6.92 Å². The van der Waals surface area contributed by atoms with Gasteiger partial charge in [0.15, 0.2) is 5.82 Å². The minimum Gasteiger partial charge on any atom is -0.234 e. The molecule has 0 fully saturated rings. The monoisotopic (exact) mass is 249 g/mol. The molecule has 0 amide bonds. The molecule has 3 nitrogen and oxygen atoms in total. The van der Waals surface area contributed by atoms with Crippen LogP contribution in [-0.2, 0) is 5.88 Å². The molecule has 17 heavy (non-hydrogen) atoms. The Hall–Kier alpha value is -1.35. The van der Waals surface area contributed by atoms with Crippen LogP contribution in [0.2, 0.25) is 0 Å². The zero-order valence-electron chi connectivity index (χ0n) is 10.3. The number of pyridine rings is 1. The Morgan fingerprint density at radius 2 is 2.12 bits per heavy atom. The largest absolute Gasteiger partial charge is 0.234 e. The highest BCUT2D eigenvalue weighted by Gasteiger charge is 2.07. The SMILES string of the molecule is Cc1cc(CCl)cc(-n2ccc(C(C)C)n2)n1. The van der Waals surface area contributed by atoms with E-state index in [1.807, 2.05) is 31.3 Å². The lowest BCUT2D eigenvalue weighted by Gasteiger charge is -2.05. The van der Waals surface area contributed by atoms with Gasteiger partial charge in [0, 0.05) is 17.8 Å². The number of hydrogen-bond acceptors (Lipinski definition) is 2. The molecule has 2 aromatic rings. The number of hydrogen-bond donors (Lipinski definition) is 0. The van der Waals surface area contributed by atoms with E-state index in [9.17, 15) is 0 Å². The average Bonchev–Trinajstić information content (AvgIpc) is 2.77. The van der Waals surface area contributed by atoms with E-state index in [0.717, 1.165) is 22.8 Å². The molecular formula is C13H16ClN3. The Bertz CT molecular complexity index is 517. The zero-order valence-corrected chi connectivity index (χ0v) is 11.1. The fourth-order valence-corrected chi connectivity index (χ4v) is 1.84. The van der Waals surface area contributed by atoms with Crippen molar-refractivity contribution < 1.29 is 0 Å². The smallest absolute Gasteiger partial charge is 0.153 e. The van der Waals surface area contributed by atoms with Crippen molar-refractivity contribution in [3.63, 3.8) is 0 Å². The molecular weight excluding hydrogens is 234 g/mol. The standard InChI is InChI=1S/C13H16ClN3/c1-9(2)12-4-5-17(16-12)13-7-11(8-14)6-10(3)15-13/h4-7,9H,8H2,1-3H3. The third-order valence-corrected chi connectivity index (χ3v) is 2.90. The predicted octanol–water partition coefficient (Wildman–Crippen LogP) is 3.44. The van der Waals surface area contributed by atoms with Crippen molar-refractivity contribution in [3.05, 3.63) is 41.3 Å². The first kappa shape index (κ1) is 12.1. The summed E-state index contributed by atoms with van der Waals surface area (Å²) in [5, 5.41) is 4.51. The van der Waals surface area contributed by atoms with Gasteiger partial charge in [-0.25, -0.2) is 9.67 Å². The van der Waals surface area contributed by atoms with E-state index >= 15 is 0 Å². The van der Waals surface area contributed by atoms with E-state index in [0.29, 0.717) is 11.8 Å². The highest BCUT2D eigenvalue weighted by Crippen LogP contribution is 2.15. The molecule has 0 saturated carbocycles. The van der Waals surface area contributed by atoms with Crippen LogP contribution in [0.25, 0.3) is 5.82 Å². The molecule has 2 rings (SSSR count). The van der Waals surface area contributed by atoms with Gasteiger partial charge in [-0.1, -0.05) is 13.8 Å². The van der Waals surface area contributed by atoms with Gasteiger partial charge in [0.05, 0.1) is 5.69 Å². The van der Waals surface area contributed by atoms with E-state index in [1.165, 1.54) is 0 Å². The molecule has 0 unspecified atom stereocenters. The molecule has 4 heteroatoms. The third-order valence-electron chi connectivity index (χ3n) is 2.59. The summed E-state index contributed by atoms with van der Waals surface area (Å²) in [5.41, 5.74) is 3.09. The lowest BCUT2D eigenvalue weighted by atomic mass is 10.1. The van der Waals surface area contributed by atoms with Gasteiger partial charge in [0.1, 0.15) is 0 Å². The number of alkyl halides is 1. The van der Waals surface area contributed by atoms with Crippen molar-refractivity contribution in [2.24, 2.45) is 0 Å². The van der Waals surface area contributed by atoms with Gasteiger partial charge in [-0.05, 0) is 36.6 Å². The molecule has 2 aromatic heterocycles. The van der Waals surface area contributed by atoms with Crippen molar-refractivity contribution in [1.29, 1.82) is 0 Å². The van der Waals surface area contributed by atoms with Crippen LogP contribution in [-0.4, -0.2) is 14.8 Å². The van der Waals surface area contributed by atoms with Crippen LogP contribution in [0.1, 0.15) is 36.7 Å². The van der Waals surface area contributed by atoms with Gasteiger partial charge in [-0.2, -0.15) is 5.10 Å². The molecule has 0 atom stereocenters. The van der Waals surface area contributed by atoms with Crippen molar-refractivity contribution in [1.82, 2.24) is 14.8 Å². The maximum Gasteiger partial charge on any atom is 0.153 e. The van der Waals surface area contributed by atoms with Gasteiger partial charge < -0.3 is 0 Å². The maximum absolute atomic E-state index is 5.86. The van der Waals surface area contributed by atoms with Gasteiger partial charge >= 0.3 is 0 Å². The minimum atomic E-state index is 0.425. The summed E-state index contributed by atoms with van der Waals surface area (Å²) < 4.78 is 1.80. The summed E-state index contributed by atoms with van der Waals surface area (Å²) in [6.07, 6.45) is 1.94. The highest BCUT2D eigenvalue weighted by atomic mass is 35.5. The van der Waals surface area contributed by atoms with Crippen LogP contribution in [0.3, 0.4) is 0 Å². The van der Waals surface area contributed by atoms with Gasteiger partial charge in [-0.3, -0.25) is 0 Å². The minimum absolute atomic E-state index is 0.425. The first-order valence-corrected chi connectivity index (χ1v) is 6.23. The summed E-state index contributed by atoms with van der Waals surface area (Å²) in [5.74, 6) is 1.75. The van der Waals surface area contributed by atoms with E-state index in [-0.39, 0.29) is 0 Å².